The van der Waals surface area contributed by atoms with Crippen molar-refractivity contribution in [1.29, 1.82) is 0 Å². The van der Waals surface area contributed by atoms with Crippen LogP contribution in [0.1, 0.15) is 19.3 Å². The van der Waals surface area contributed by atoms with E-state index >= 15 is 0 Å². The van der Waals surface area contributed by atoms with Crippen molar-refractivity contribution in [3.05, 3.63) is 12.7 Å². The van der Waals surface area contributed by atoms with Gasteiger partial charge in [0.25, 0.3) is 0 Å². The van der Waals surface area contributed by atoms with Crippen LogP contribution in [0.5, 0.6) is 0 Å². The molecule has 0 aromatic heterocycles. The molecule has 0 aromatic rings. The molecule has 0 aromatic carbocycles. The normalized spacial score (nSPS) is 37.1. The topological polar surface area (TPSA) is 103 Å². The highest BCUT2D eigenvalue weighted by molar-refractivity contribution is 7.91. The minimum atomic E-state index is -3.83. The first-order chi connectivity index (χ1) is 6.78. The third-order valence-corrected chi connectivity index (χ3v) is 5.11. The van der Waals surface area contributed by atoms with Gasteiger partial charge in [-0.15, -0.1) is 6.58 Å². The standard InChI is InChI=1S/C9H14N2O3S/c1-2-6-5-9(6,10)7(12)8(3-4-8)15(11,13)14/h2,6H,1,3-5,10H2,(H2,11,13,14). The summed E-state index contributed by atoms with van der Waals surface area (Å²) >= 11 is 0. The van der Waals surface area contributed by atoms with Gasteiger partial charge in [0.05, 0.1) is 5.54 Å². The Morgan fingerprint density at radius 2 is 2.00 bits per heavy atom. The van der Waals surface area contributed by atoms with E-state index in [4.69, 9.17) is 10.9 Å². The van der Waals surface area contributed by atoms with Crippen molar-refractivity contribution in [3.63, 3.8) is 0 Å². The molecule has 6 heteroatoms. The van der Waals surface area contributed by atoms with Crippen LogP contribution in [0.25, 0.3) is 0 Å². The second-order valence-corrected chi connectivity index (χ2v) is 6.33. The molecule has 0 aliphatic heterocycles. The molecule has 0 spiro atoms. The summed E-state index contributed by atoms with van der Waals surface area (Å²) in [5, 5.41) is 5.06. The molecule has 4 N–H and O–H groups in total. The second kappa shape index (κ2) is 2.69. The molecule has 84 valence electrons. The molecule has 2 atom stereocenters. The number of Topliss-reactive ketones (excluding diaryl/α,β-unsaturated/α-hetero) is 1. The molecular weight excluding hydrogens is 216 g/mol. The quantitative estimate of drug-likeness (QED) is 0.622. The Morgan fingerprint density at radius 1 is 1.47 bits per heavy atom. The molecule has 0 radical (unpaired) electrons. The van der Waals surface area contributed by atoms with Gasteiger partial charge in [-0.05, 0) is 19.3 Å². The second-order valence-electron chi connectivity index (χ2n) is 4.46. The summed E-state index contributed by atoms with van der Waals surface area (Å²) in [6.07, 6.45) is 2.67. The van der Waals surface area contributed by atoms with Crippen molar-refractivity contribution in [1.82, 2.24) is 0 Å². The van der Waals surface area contributed by atoms with E-state index in [1.165, 1.54) is 0 Å². The monoisotopic (exact) mass is 230 g/mol. The summed E-state index contributed by atoms with van der Waals surface area (Å²) in [5.41, 5.74) is 4.79. The Labute approximate surface area is 88.6 Å². The highest BCUT2D eigenvalue weighted by Crippen LogP contribution is 2.53. The summed E-state index contributed by atoms with van der Waals surface area (Å²) in [6.45, 7) is 3.55. The van der Waals surface area contributed by atoms with Gasteiger partial charge in [-0.25, -0.2) is 13.6 Å². The fourth-order valence-electron chi connectivity index (χ4n) is 2.04. The Balaban J connectivity index is 2.28. The maximum Gasteiger partial charge on any atom is 0.222 e. The third kappa shape index (κ3) is 1.28. The molecule has 2 rings (SSSR count). The molecular formula is C9H14N2O3S. The number of nitrogens with two attached hydrogens (primary N) is 2. The van der Waals surface area contributed by atoms with Gasteiger partial charge in [-0.2, -0.15) is 0 Å². The van der Waals surface area contributed by atoms with Crippen LogP contribution in [0, 0.1) is 5.92 Å². The van der Waals surface area contributed by atoms with E-state index in [1.54, 1.807) is 6.08 Å². The molecule has 2 aliphatic carbocycles. The van der Waals surface area contributed by atoms with Crippen LogP contribution in [-0.2, 0) is 14.8 Å². The molecule has 0 bridgehead atoms. The van der Waals surface area contributed by atoms with Gasteiger partial charge >= 0.3 is 0 Å². The first-order valence-electron chi connectivity index (χ1n) is 4.77. The van der Waals surface area contributed by atoms with E-state index in [9.17, 15) is 13.2 Å². The SMILES string of the molecule is C=CC1CC1(N)C(=O)C1(S(N)(=O)=O)CC1. The fraction of sp³-hybridized carbons (Fsp3) is 0.667. The van der Waals surface area contributed by atoms with Crippen LogP contribution in [0.3, 0.4) is 0 Å². The van der Waals surface area contributed by atoms with Gasteiger partial charge in [-0.1, -0.05) is 6.08 Å². The van der Waals surface area contributed by atoms with E-state index in [1.807, 2.05) is 0 Å². The smallest absolute Gasteiger partial charge is 0.222 e. The summed E-state index contributed by atoms with van der Waals surface area (Å²) in [7, 11) is -3.83. The summed E-state index contributed by atoms with van der Waals surface area (Å²) in [4.78, 5) is 12.0. The summed E-state index contributed by atoms with van der Waals surface area (Å²) < 4.78 is 21.2. The average molecular weight is 230 g/mol. The van der Waals surface area contributed by atoms with Gasteiger partial charge in [0.15, 0.2) is 5.78 Å². The fourth-order valence-corrected chi connectivity index (χ4v) is 3.16. The highest BCUT2D eigenvalue weighted by atomic mass is 32.2. The van der Waals surface area contributed by atoms with E-state index in [0.717, 1.165) is 0 Å². The number of hydrogen-bond acceptors (Lipinski definition) is 4. The minimum Gasteiger partial charge on any atom is -0.318 e. The van der Waals surface area contributed by atoms with Crippen molar-refractivity contribution in [2.45, 2.75) is 29.5 Å². The lowest BCUT2D eigenvalue weighted by molar-refractivity contribution is -0.121. The lowest BCUT2D eigenvalue weighted by Crippen LogP contribution is -2.49. The predicted octanol–water partition coefficient (Wildman–Crippen LogP) is -0.720. The summed E-state index contributed by atoms with van der Waals surface area (Å²) in [6, 6.07) is 0. The zero-order valence-electron chi connectivity index (χ0n) is 8.27. The molecule has 5 nitrogen and oxygen atoms in total. The van der Waals surface area contributed by atoms with Crippen molar-refractivity contribution in [2.24, 2.45) is 16.8 Å². The Hall–Kier alpha value is -0.720. The number of sulfonamides is 1. The maximum absolute atomic E-state index is 12.0. The average Bonchev–Trinajstić information content (AvgIpc) is 2.95. The van der Waals surface area contributed by atoms with Gasteiger partial charge in [0, 0.05) is 5.92 Å². The molecule has 2 aliphatic rings. The van der Waals surface area contributed by atoms with Crippen LogP contribution in [0.2, 0.25) is 0 Å². The molecule has 2 unspecified atom stereocenters. The summed E-state index contributed by atoms with van der Waals surface area (Å²) in [5.74, 6) is -0.536. The lowest BCUT2D eigenvalue weighted by atomic mass is 10.0. The van der Waals surface area contributed by atoms with E-state index in [0.29, 0.717) is 19.3 Å². The Morgan fingerprint density at radius 3 is 2.27 bits per heavy atom. The first kappa shape index (κ1) is 10.8. The van der Waals surface area contributed by atoms with Crippen LogP contribution in [-0.4, -0.2) is 24.5 Å². The molecule has 2 saturated carbocycles. The lowest BCUT2D eigenvalue weighted by Gasteiger charge is -2.16. The molecule has 0 saturated heterocycles. The molecule has 0 amide bonds. The van der Waals surface area contributed by atoms with E-state index in [-0.39, 0.29) is 5.92 Å². The third-order valence-electron chi connectivity index (χ3n) is 3.43. The van der Waals surface area contributed by atoms with Crippen LogP contribution >= 0.6 is 0 Å². The van der Waals surface area contributed by atoms with Crippen molar-refractivity contribution < 1.29 is 13.2 Å². The number of rotatable bonds is 4. The van der Waals surface area contributed by atoms with Gasteiger partial charge < -0.3 is 5.73 Å². The van der Waals surface area contributed by atoms with Gasteiger partial charge in [0.1, 0.15) is 4.75 Å². The number of ketones is 1. The van der Waals surface area contributed by atoms with Crippen LogP contribution < -0.4 is 10.9 Å². The van der Waals surface area contributed by atoms with Gasteiger partial charge in [-0.3, -0.25) is 4.79 Å². The van der Waals surface area contributed by atoms with Gasteiger partial charge in [0.2, 0.25) is 10.0 Å². The zero-order valence-corrected chi connectivity index (χ0v) is 9.09. The number of hydrogen-bond donors (Lipinski definition) is 2. The largest absolute Gasteiger partial charge is 0.318 e. The van der Waals surface area contributed by atoms with Crippen LogP contribution in [0.15, 0.2) is 12.7 Å². The van der Waals surface area contributed by atoms with Crippen LogP contribution in [0.4, 0.5) is 0 Å². The predicted molar refractivity (Wildman–Crippen MR) is 55.3 cm³/mol. The first-order valence-corrected chi connectivity index (χ1v) is 6.31. The van der Waals surface area contributed by atoms with Crippen molar-refractivity contribution in [2.75, 3.05) is 0 Å². The van der Waals surface area contributed by atoms with Crippen molar-refractivity contribution in [3.8, 4) is 0 Å². The van der Waals surface area contributed by atoms with E-state index < -0.39 is 26.1 Å². The molecule has 0 heterocycles. The number of carbonyl (C=O) groups excluding carboxylic acids is 1. The maximum atomic E-state index is 12.0. The molecule has 15 heavy (non-hydrogen) atoms. The Bertz CT molecular complexity index is 438. The van der Waals surface area contributed by atoms with E-state index in [2.05, 4.69) is 6.58 Å². The number of primary sulfonamides is 1. The zero-order chi connectivity index (χ0) is 11.5. The molecule has 2 fully saturated rings. The highest BCUT2D eigenvalue weighted by Gasteiger charge is 2.69. The van der Waals surface area contributed by atoms with Crippen molar-refractivity contribution >= 4 is 15.8 Å². The number of carbonyl (C=O) groups is 1. The Kier molecular flexibility index (Phi) is 1.94. The minimum absolute atomic E-state index is 0.107.